The van der Waals surface area contributed by atoms with Crippen molar-refractivity contribution in [3.8, 4) is 11.5 Å². The lowest BCUT2D eigenvalue weighted by molar-refractivity contribution is -0.862. The normalized spacial score (nSPS) is 14.5. The highest BCUT2D eigenvalue weighted by Crippen LogP contribution is 2.32. The van der Waals surface area contributed by atoms with Crippen LogP contribution in [0.3, 0.4) is 0 Å². The molecule has 0 fully saturated rings. The first-order valence-electron chi connectivity index (χ1n) is 10.2. The summed E-state index contributed by atoms with van der Waals surface area (Å²) in [7, 11) is 1.83. The van der Waals surface area contributed by atoms with Gasteiger partial charge < -0.3 is 25.0 Å². The maximum Gasteiger partial charge on any atom is 0.279 e. The third kappa shape index (κ3) is 5.51. The Morgan fingerprint density at radius 1 is 1.00 bits per heavy atom. The van der Waals surface area contributed by atoms with E-state index in [-0.39, 0.29) is 30.9 Å². The van der Waals surface area contributed by atoms with Crippen LogP contribution in [-0.4, -0.2) is 45.2 Å². The highest BCUT2D eigenvalue weighted by molar-refractivity contribution is 5.93. The molecule has 1 unspecified atom stereocenters. The number of likely N-dealkylation sites (N-methyl/N-ethyl adjacent to an activating group) is 1. The summed E-state index contributed by atoms with van der Waals surface area (Å²) < 4.78 is 11.1. The van der Waals surface area contributed by atoms with E-state index in [0.29, 0.717) is 19.0 Å². The van der Waals surface area contributed by atoms with Crippen LogP contribution >= 0.6 is 0 Å². The van der Waals surface area contributed by atoms with Gasteiger partial charge in [0.25, 0.3) is 11.8 Å². The summed E-state index contributed by atoms with van der Waals surface area (Å²) in [4.78, 5) is 25.7. The van der Waals surface area contributed by atoms with Gasteiger partial charge in [-0.15, -0.1) is 0 Å². The van der Waals surface area contributed by atoms with Crippen molar-refractivity contribution in [2.45, 2.75) is 26.8 Å². The fraction of sp³-hybridized carbons (Fsp3) is 0.391. The van der Waals surface area contributed by atoms with Gasteiger partial charge >= 0.3 is 0 Å². The van der Waals surface area contributed by atoms with Crippen molar-refractivity contribution in [3.05, 3.63) is 53.1 Å². The monoisotopic (exact) mass is 412 g/mol. The molecule has 2 amide bonds. The van der Waals surface area contributed by atoms with Crippen molar-refractivity contribution >= 4 is 17.5 Å². The van der Waals surface area contributed by atoms with Crippen LogP contribution < -0.4 is 25.0 Å². The van der Waals surface area contributed by atoms with Crippen LogP contribution in [0.1, 0.15) is 29.7 Å². The third-order valence-corrected chi connectivity index (χ3v) is 5.11. The number of aryl methyl sites for hydroxylation is 2. The molecule has 0 aromatic heterocycles. The van der Waals surface area contributed by atoms with Crippen LogP contribution in [0.4, 0.5) is 5.69 Å². The molecule has 1 aliphatic heterocycles. The van der Waals surface area contributed by atoms with Gasteiger partial charge in [0.15, 0.2) is 24.6 Å². The van der Waals surface area contributed by atoms with Gasteiger partial charge in [-0.05, 0) is 49.6 Å². The fourth-order valence-corrected chi connectivity index (χ4v) is 3.51. The molecule has 0 aliphatic carbocycles. The minimum Gasteiger partial charge on any atom is -0.486 e. The van der Waals surface area contributed by atoms with E-state index in [1.807, 2.05) is 64.2 Å². The number of rotatable bonds is 7. The molecule has 7 nitrogen and oxygen atoms in total. The van der Waals surface area contributed by atoms with Gasteiger partial charge in [0.05, 0.1) is 13.1 Å². The van der Waals surface area contributed by atoms with Crippen molar-refractivity contribution in [3.63, 3.8) is 0 Å². The summed E-state index contributed by atoms with van der Waals surface area (Å²) >= 11 is 0. The number of nitrogens with one attached hydrogen (secondary N) is 3. The van der Waals surface area contributed by atoms with Gasteiger partial charge in [-0.3, -0.25) is 9.59 Å². The van der Waals surface area contributed by atoms with E-state index < -0.39 is 0 Å². The standard InChI is InChI=1S/C23H29N3O4/c1-15-6-5-7-16(2)23(15)25-22(28)14-26(4)13-21(27)24-17(3)18-8-9-19-20(12-18)30-11-10-29-19/h5-9,12,17H,10-11,13-14H2,1-4H3,(H,24,27)(H,25,28)/p+1/t17-/m0/s1. The van der Waals surface area contributed by atoms with Crippen molar-refractivity contribution in [2.75, 3.05) is 38.7 Å². The molecule has 0 bridgehead atoms. The van der Waals surface area contributed by atoms with Crippen molar-refractivity contribution in [1.29, 1.82) is 0 Å². The van der Waals surface area contributed by atoms with Gasteiger partial charge in [0.1, 0.15) is 13.2 Å². The Bertz CT molecular complexity index is 908. The Balaban J connectivity index is 1.50. The molecule has 3 rings (SSSR count). The van der Waals surface area contributed by atoms with Gasteiger partial charge in [0, 0.05) is 5.69 Å². The topological polar surface area (TPSA) is 81.1 Å². The number of para-hydroxylation sites is 1. The first-order chi connectivity index (χ1) is 14.3. The lowest BCUT2D eigenvalue weighted by Crippen LogP contribution is -3.11. The predicted octanol–water partition coefficient (Wildman–Crippen LogP) is 1.41. The Morgan fingerprint density at radius 2 is 1.63 bits per heavy atom. The zero-order valence-corrected chi connectivity index (χ0v) is 18.0. The largest absolute Gasteiger partial charge is 0.486 e. The SMILES string of the molecule is Cc1cccc(C)c1NC(=O)C[NH+](C)CC(=O)N[C@@H](C)c1ccc2c(c1)OCCO2. The Hall–Kier alpha value is -3.06. The van der Waals surface area contributed by atoms with E-state index in [1.54, 1.807) is 0 Å². The first kappa shape index (κ1) is 21.6. The molecule has 3 N–H and O–H groups in total. The number of hydrogen-bond donors (Lipinski definition) is 3. The highest BCUT2D eigenvalue weighted by Gasteiger charge is 2.19. The quantitative estimate of drug-likeness (QED) is 0.642. The number of hydrogen-bond acceptors (Lipinski definition) is 4. The molecular formula is C23H30N3O4+. The number of benzene rings is 2. The summed E-state index contributed by atoms with van der Waals surface area (Å²) in [6.45, 7) is 7.33. The second-order valence-corrected chi connectivity index (χ2v) is 7.82. The molecule has 2 atom stereocenters. The molecule has 30 heavy (non-hydrogen) atoms. The molecule has 0 saturated carbocycles. The van der Waals surface area contributed by atoms with Crippen LogP contribution in [0.15, 0.2) is 36.4 Å². The second kappa shape index (κ2) is 9.63. The summed E-state index contributed by atoms with van der Waals surface area (Å²) in [5, 5.41) is 5.95. The van der Waals surface area contributed by atoms with Crippen molar-refractivity contribution < 1.29 is 24.0 Å². The smallest absolute Gasteiger partial charge is 0.279 e. The van der Waals surface area contributed by atoms with Crippen LogP contribution in [-0.2, 0) is 9.59 Å². The van der Waals surface area contributed by atoms with E-state index in [1.165, 1.54) is 0 Å². The molecular weight excluding hydrogens is 382 g/mol. The summed E-state index contributed by atoms with van der Waals surface area (Å²) in [5.74, 6) is 1.20. The van der Waals surface area contributed by atoms with Crippen molar-refractivity contribution in [2.24, 2.45) is 0 Å². The van der Waals surface area contributed by atoms with E-state index >= 15 is 0 Å². The second-order valence-electron chi connectivity index (χ2n) is 7.82. The lowest BCUT2D eigenvalue weighted by Gasteiger charge is -2.21. The van der Waals surface area contributed by atoms with Crippen molar-refractivity contribution in [1.82, 2.24) is 5.32 Å². The average molecular weight is 413 g/mol. The maximum absolute atomic E-state index is 12.5. The van der Waals surface area contributed by atoms with Gasteiger partial charge in [-0.1, -0.05) is 24.3 Å². The number of quaternary nitrogens is 1. The first-order valence-corrected chi connectivity index (χ1v) is 10.2. The predicted molar refractivity (Wildman–Crippen MR) is 115 cm³/mol. The minimum atomic E-state index is -0.176. The third-order valence-electron chi connectivity index (χ3n) is 5.11. The Morgan fingerprint density at radius 3 is 2.33 bits per heavy atom. The molecule has 2 aromatic rings. The number of carbonyl (C=O) groups is 2. The molecule has 160 valence electrons. The molecule has 2 aromatic carbocycles. The summed E-state index contributed by atoms with van der Waals surface area (Å²) in [5.41, 5.74) is 3.82. The average Bonchev–Trinajstić information content (AvgIpc) is 2.70. The van der Waals surface area contributed by atoms with E-state index in [2.05, 4.69) is 10.6 Å². The van der Waals surface area contributed by atoms with Gasteiger partial charge in [-0.25, -0.2) is 0 Å². The summed E-state index contributed by atoms with van der Waals surface area (Å²) in [6.07, 6.45) is 0. The lowest BCUT2D eigenvalue weighted by atomic mass is 10.1. The van der Waals surface area contributed by atoms with Crippen LogP contribution in [0.5, 0.6) is 11.5 Å². The van der Waals surface area contributed by atoms with Crippen LogP contribution in [0, 0.1) is 13.8 Å². The molecule has 7 heteroatoms. The zero-order valence-electron chi connectivity index (χ0n) is 18.0. The minimum absolute atomic E-state index is 0.113. The van der Waals surface area contributed by atoms with Gasteiger partial charge in [-0.2, -0.15) is 0 Å². The summed E-state index contributed by atoms with van der Waals surface area (Å²) in [6, 6.07) is 11.4. The zero-order chi connectivity index (χ0) is 21.7. The Kier molecular flexibility index (Phi) is 6.95. The molecule has 0 spiro atoms. The van der Waals surface area contributed by atoms with Gasteiger partial charge in [0.2, 0.25) is 0 Å². The number of anilines is 1. The molecule has 1 heterocycles. The van der Waals surface area contributed by atoms with Crippen LogP contribution in [0.2, 0.25) is 0 Å². The van der Waals surface area contributed by atoms with E-state index in [9.17, 15) is 9.59 Å². The highest BCUT2D eigenvalue weighted by atomic mass is 16.6. The van der Waals surface area contributed by atoms with E-state index in [0.717, 1.165) is 33.0 Å². The fourth-order valence-electron chi connectivity index (χ4n) is 3.51. The van der Waals surface area contributed by atoms with Crippen LogP contribution in [0.25, 0.3) is 0 Å². The number of amides is 2. The number of ether oxygens (including phenoxy) is 2. The molecule has 0 radical (unpaired) electrons. The Labute approximate surface area is 177 Å². The molecule has 0 saturated heterocycles. The number of fused-ring (bicyclic) bond motifs is 1. The van der Waals surface area contributed by atoms with E-state index in [4.69, 9.17) is 9.47 Å². The molecule has 1 aliphatic rings. The maximum atomic E-state index is 12.5. The number of carbonyl (C=O) groups excluding carboxylic acids is 2.